The smallest absolute Gasteiger partial charge is 0.306 e. The van der Waals surface area contributed by atoms with E-state index in [0.717, 1.165) is 89.9 Å². The molecule has 0 radical (unpaired) electrons. The van der Waals surface area contributed by atoms with Gasteiger partial charge in [-0.2, -0.15) is 0 Å². The van der Waals surface area contributed by atoms with Gasteiger partial charge in [-0.3, -0.25) is 14.4 Å². The van der Waals surface area contributed by atoms with Crippen LogP contribution in [0.15, 0.2) is 85.1 Å². The van der Waals surface area contributed by atoms with Gasteiger partial charge in [0.15, 0.2) is 6.10 Å². The van der Waals surface area contributed by atoms with Crippen molar-refractivity contribution in [3.63, 3.8) is 0 Å². The van der Waals surface area contributed by atoms with Crippen LogP contribution in [0.5, 0.6) is 0 Å². The van der Waals surface area contributed by atoms with Crippen LogP contribution in [0, 0.1) is 0 Å². The van der Waals surface area contributed by atoms with Crippen molar-refractivity contribution < 1.29 is 28.6 Å². The fraction of sp³-hybridized carbons (Fsp3) is 0.779. The molecule has 83 heavy (non-hydrogen) atoms. The van der Waals surface area contributed by atoms with Crippen LogP contribution in [-0.2, 0) is 28.6 Å². The molecule has 0 spiro atoms. The van der Waals surface area contributed by atoms with Crippen molar-refractivity contribution in [2.75, 3.05) is 13.2 Å². The van der Waals surface area contributed by atoms with Crippen molar-refractivity contribution in [2.45, 2.75) is 374 Å². The average Bonchev–Trinajstić information content (AvgIpc) is 3.50. The zero-order valence-corrected chi connectivity index (χ0v) is 55.2. The first-order valence-corrected chi connectivity index (χ1v) is 36.1. The number of allylic oxidation sites excluding steroid dienone is 14. The Labute approximate surface area is 515 Å². The third-order valence-corrected chi connectivity index (χ3v) is 15.9. The van der Waals surface area contributed by atoms with Gasteiger partial charge in [-0.15, -0.1) is 0 Å². The highest BCUT2D eigenvalue weighted by molar-refractivity contribution is 5.71. The number of carbonyl (C=O) groups excluding carboxylic acids is 3. The number of rotatable bonds is 66. The van der Waals surface area contributed by atoms with Crippen LogP contribution in [-0.4, -0.2) is 37.2 Å². The number of esters is 3. The van der Waals surface area contributed by atoms with Crippen LogP contribution in [0.25, 0.3) is 0 Å². The van der Waals surface area contributed by atoms with Gasteiger partial charge in [0.2, 0.25) is 0 Å². The van der Waals surface area contributed by atoms with Gasteiger partial charge in [0, 0.05) is 19.3 Å². The predicted molar refractivity (Wildman–Crippen MR) is 362 cm³/mol. The highest BCUT2D eigenvalue weighted by Gasteiger charge is 2.19. The molecule has 6 nitrogen and oxygen atoms in total. The van der Waals surface area contributed by atoms with Gasteiger partial charge in [-0.25, -0.2) is 0 Å². The van der Waals surface area contributed by atoms with Crippen LogP contribution in [0.2, 0.25) is 0 Å². The lowest BCUT2D eigenvalue weighted by Crippen LogP contribution is -2.30. The summed E-state index contributed by atoms with van der Waals surface area (Å²) in [5.74, 6) is -0.932. The summed E-state index contributed by atoms with van der Waals surface area (Å²) in [5, 5.41) is 0. The van der Waals surface area contributed by atoms with Crippen LogP contribution in [0.4, 0.5) is 0 Å². The molecule has 0 bridgehead atoms. The minimum atomic E-state index is -0.807. The maximum Gasteiger partial charge on any atom is 0.306 e. The van der Waals surface area contributed by atoms with Gasteiger partial charge in [0.1, 0.15) is 13.2 Å². The minimum Gasteiger partial charge on any atom is -0.462 e. The summed E-state index contributed by atoms with van der Waals surface area (Å²) in [6.45, 7) is 6.54. The van der Waals surface area contributed by atoms with Gasteiger partial charge in [-0.1, -0.05) is 363 Å². The quantitative estimate of drug-likeness (QED) is 0.0261. The standard InChI is InChI=1S/C77H136O6/c1-4-7-10-13-16-19-22-25-28-31-33-35-37-38-39-41-42-44-46-49-52-55-58-61-64-67-70-76(79)82-73-74(72-81-75(78)69-66-63-60-57-54-51-48-30-27-24-21-18-15-12-9-6-3)83-77(80)71-68-65-62-59-56-53-50-47-45-43-40-36-34-32-29-26-23-20-17-14-11-8-5-2/h8,11,17,20,26,29,34,36,43,45,50,53,59,62,74H,4-7,9-10,12-16,18-19,21-25,27-28,30-33,35,37-42,44,46-49,51-52,54-58,60-61,63-73H2,1-3H3/b11-8-,20-17-,29-26-,36-34-,45-43-,53-50-,62-59-. The largest absolute Gasteiger partial charge is 0.462 e. The van der Waals surface area contributed by atoms with Crippen molar-refractivity contribution in [1.29, 1.82) is 0 Å². The van der Waals surface area contributed by atoms with Gasteiger partial charge < -0.3 is 14.2 Å². The van der Waals surface area contributed by atoms with E-state index in [9.17, 15) is 14.4 Å². The van der Waals surface area contributed by atoms with E-state index in [0.29, 0.717) is 19.3 Å². The molecule has 0 aliphatic rings. The molecule has 1 unspecified atom stereocenters. The Hall–Kier alpha value is -3.41. The maximum absolute atomic E-state index is 12.9. The molecule has 0 aromatic rings. The van der Waals surface area contributed by atoms with E-state index in [1.165, 1.54) is 231 Å². The molecule has 0 saturated heterocycles. The highest BCUT2D eigenvalue weighted by atomic mass is 16.6. The predicted octanol–water partition coefficient (Wildman–Crippen LogP) is 25.0. The minimum absolute atomic E-state index is 0.0950. The SMILES string of the molecule is CC/C=C\C/C=C\C/C=C\C/C=C\C/C=C\C/C=C\C/C=C\CCCC(=O)OC(COC(=O)CCCCCCCCCCCCCCCCCC)COC(=O)CCCCCCCCCCCCCCCCCCCCCCCCCCCC. The van der Waals surface area contributed by atoms with E-state index in [1.807, 2.05) is 0 Å². The molecule has 0 rings (SSSR count). The van der Waals surface area contributed by atoms with Crippen molar-refractivity contribution >= 4 is 17.9 Å². The Morgan fingerprint density at radius 3 is 0.723 bits per heavy atom. The first kappa shape index (κ1) is 79.6. The Morgan fingerprint density at radius 2 is 0.470 bits per heavy atom. The summed E-state index contributed by atoms with van der Waals surface area (Å²) < 4.78 is 17.0. The summed E-state index contributed by atoms with van der Waals surface area (Å²) in [5.41, 5.74) is 0. The number of ether oxygens (including phenoxy) is 3. The van der Waals surface area contributed by atoms with E-state index in [-0.39, 0.29) is 37.5 Å². The number of carbonyl (C=O) groups is 3. The average molecular weight is 1160 g/mol. The fourth-order valence-electron chi connectivity index (χ4n) is 10.6. The molecule has 1 atom stereocenters. The molecular formula is C77H136O6. The Morgan fingerprint density at radius 1 is 0.253 bits per heavy atom. The van der Waals surface area contributed by atoms with E-state index in [1.54, 1.807) is 0 Å². The summed E-state index contributed by atoms with van der Waals surface area (Å²) in [7, 11) is 0. The lowest BCUT2D eigenvalue weighted by Gasteiger charge is -2.18. The van der Waals surface area contributed by atoms with Crippen molar-refractivity contribution in [2.24, 2.45) is 0 Å². The fourth-order valence-corrected chi connectivity index (χ4v) is 10.6. The second-order valence-electron chi connectivity index (χ2n) is 24.1. The number of unbranched alkanes of at least 4 members (excludes halogenated alkanes) is 41. The summed E-state index contributed by atoms with van der Waals surface area (Å²) in [4.78, 5) is 38.5. The van der Waals surface area contributed by atoms with Gasteiger partial charge in [0.25, 0.3) is 0 Å². The molecule has 0 aromatic heterocycles. The third-order valence-electron chi connectivity index (χ3n) is 15.9. The molecule has 0 aromatic carbocycles. The van der Waals surface area contributed by atoms with E-state index >= 15 is 0 Å². The zero-order chi connectivity index (χ0) is 59.9. The van der Waals surface area contributed by atoms with Gasteiger partial charge in [-0.05, 0) is 70.6 Å². The summed E-state index contributed by atoms with van der Waals surface area (Å²) in [6, 6.07) is 0. The van der Waals surface area contributed by atoms with Crippen LogP contribution in [0.3, 0.4) is 0 Å². The highest BCUT2D eigenvalue weighted by Crippen LogP contribution is 2.18. The van der Waals surface area contributed by atoms with Crippen molar-refractivity contribution in [3.8, 4) is 0 Å². The summed E-state index contributed by atoms with van der Waals surface area (Å²) in [6.07, 6.45) is 94.8. The van der Waals surface area contributed by atoms with Crippen molar-refractivity contribution in [3.05, 3.63) is 85.1 Å². The molecule has 0 aliphatic heterocycles. The van der Waals surface area contributed by atoms with E-state index in [2.05, 4.69) is 106 Å². The molecule has 480 valence electrons. The molecule has 0 saturated carbocycles. The monoisotopic (exact) mass is 1160 g/mol. The first-order valence-electron chi connectivity index (χ1n) is 36.1. The normalized spacial score (nSPS) is 12.6. The zero-order valence-electron chi connectivity index (χ0n) is 55.2. The summed E-state index contributed by atoms with van der Waals surface area (Å²) >= 11 is 0. The van der Waals surface area contributed by atoms with E-state index in [4.69, 9.17) is 14.2 Å². The van der Waals surface area contributed by atoms with E-state index < -0.39 is 6.10 Å². The Bertz CT molecular complexity index is 1570. The lowest BCUT2D eigenvalue weighted by atomic mass is 10.0. The van der Waals surface area contributed by atoms with Crippen LogP contribution in [0.1, 0.15) is 367 Å². The molecule has 0 aliphatic carbocycles. The van der Waals surface area contributed by atoms with Gasteiger partial charge >= 0.3 is 17.9 Å². The molecule has 0 N–H and O–H groups in total. The Kier molecular flexibility index (Phi) is 68.2. The second kappa shape index (κ2) is 71.1. The van der Waals surface area contributed by atoms with Gasteiger partial charge in [0.05, 0.1) is 0 Å². The maximum atomic E-state index is 12.9. The van der Waals surface area contributed by atoms with Crippen LogP contribution >= 0.6 is 0 Å². The Balaban J connectivity index is 4.38. The molecule has 6 heteroatoms. The molecular weight excluding hydrogens is 1020 g/mol. The molecule has 0 amide bonds. The molecule has 0 heterocycles. The third kappa shape index (κ3) is 69.3. The first-order chi connectivity index (χ1) is 41.0. The topological polar surface area (TPSA) is 78.9 Å². The number of hydrogen-bond donors (Lipinski definition) is 0. The second-order valence-corrected chi connectivity index (χ2v) is 24.1. The molecule has 0 fully saturated rings. The van der Waals surface area contributed by atoms with Crippen LogP contribution < -0.4 is 0 Å². The van der Waals surface area contributed by atoms with Crippen molar-refractivity contribution in [1.82, 2.24) is 0 Å². The lowest BCUT2D eigenvalue weighted by molar-refractivity contribution is -0.167. The number of hydrogen-bond acceptors (Lipinski definition) is 6.